The Kier molecular flexibility index (Phi) is 3.15. The van der Waals surface area contributed by atoms with Crippen LogP contribution >= 0.6 is 0 Å². The first-order valence-corrected chi connectivity index (χ1v) is 6.35. The molecule has 0 spiro atoms. The van der Waals surface area contributed by atoms with E-state index in [1.807, 2.05) is 0 Å². The number of carbonyl (C=O) groups is 2. The maximum absolute atomic E-state index is 12.3. The minimum absolute atomic E-state index is 0.104. The molecule has 0 aromatic heterocycles. The Labute approximate surface area is 102 Å². The quantitative estimate of drug-likeness (QED) is 0.687. The molecule has 17 heavy (non-hydrogen) atoms. The fourth-order valence-corrected chi connectivity index (χ4v) is 2.67. The van der Waals surface area contributed by atoms with Crippen molar-refractivity contribution in [2.75, 3.05) is 13.7 Å². The topological polar surface area (TPSA) is 46.6 Å². The average molecular weight is 239 g/mol. The summed E-state index contributed by atoms with van der Waals surface area (Å²) in [6.45, 7) is 4.91. The first kappa shape index (κ1) is 12.4. The van der Waals surface area contributed by atoms with E-state index in [0.717, 1.165) is 25.7 Å². The van der Waals surface area contributed by atoms with Crippen LogP contribution in [0.2, 0.25) is 0 Å². The second-order valence-corrected chi connectivity index (χ2v) is 5.81. The predicted octanol–water partition coefficient (Wildman–Crippen LogP) is 1.59. The normalized spacial score (nSPS) is 30.9. The molecule has 1 heterocycles. The highest BCUT2D eigenvalue weighted by Gasteiger charge is 2.53. The van der Waals surface area contributed by atoms with Gasteiger partial charge >= 0.3 is 5.97 Å². The summed E-state index contributed by atoms with van der Waals surface area (Å²) in [6, 6.07) is -0.349. The van der Waals surface area contributed by atoms with E-state index >= 15 is 0 Å². The van der Waals surface area contributed by atoms with E-state index < -0.39 is 0 Å². The summed E-state index contributed by atoms with van der Waals surface area (Å²) in [5.74, 6) is -0.0191. The number of hydrogen-bond donors (Lipinski definition) is 0. The molecule has 1 aliphatic heterocycles. The summed E-state index contributed by atoms with van der Waals surface area (Å²) in [5, 5.41) is 0. The summed E-state index contributed by atoms with van der Waals surface area (Å²) < 4.78 is 4.79. The maximum atomic E-state index is 12.3. The van der Waals surface area contributed by atoms with E-state index in [4.69, 9.17) is 4.74 Å². The summed E-state index contributed by atoms with van der Waals surface area (Å²) in [4.78, 5) is 25.7. The Bertz CT molecular complexity index is 338. The van der Waals surface area contributed by atoms with Crippen molar-refractivity contribution >= 4 is 11.9 Å². The van der Waals surface area contributed by atoms with Gasteiger partial charge in [0.05, 0.1) is 7.11 Å². The number of nitrogens with zero attached hydrogens (tertiary/aromatic N) is 1. The Morgan fingerprint density at radius 2 is 1.94 bits per heavy atom. The molecule has 2 atom stereocenters. The second-order valence-electron chi connectivity index (χ2n) is 5.81. The minimum Gasteiger partial charge on any atom is -0.467 e. The molecule has 0 aromatic rings. The van der Waals surface area contributed by atoms with Gasteiger partial charge in [-0.1, -0.05) is 13.8 Å². The van der Waals surface area contributed by atoms with Gasteiger partial charge in [0.15, 0.2) is 0 Å². The van der Waals surface area contributed by atoms with Crippen LogP contribution in [0.5, 0.6) is 0 Å². The van der Waals surface area contributed by atoms with Gasteiger partial charge in [0.1, 0.15) is 6.04 Å². The molecule has 4 nitrogen and oxygen atoms in total. The third kappa shape index (κ3) is 2.31. The summed E-state index contributed by atoms with van der Waals surface area (Å²) in [5.41, 5.74) is 0.120. The molecular formula is C13H21NO3. The molecule has 2 unspecified atom stereocenters. The number of ether oxygens (including phenoxy) is 1. The van der Waals surface area contributed by atoms with Gasteiger partial charge in [0.2, 0.25) is 5.91 Å². The zero-order valence-electron chi connectivity index (χ0n) is 10.9. The van der Waals surface area contributed by atoms with Crippen molar-refractivity contribution in [3.05, 3.63) is 0 Å². The van der Waals surface area contributed by atoms with Crippen LogP contribution in [0.3, 0.4) is 0 Å². The summed E-state index contributed by atoms with van der Waals surface area (Å²) in [6.07, 6.45) is 3.67. The van der Waals surface area contributed by atoms with Gasteiger partial charge in [-0.2, -0.15) is 0 Å². The fourth-order valence-electron chi connectivity index (χ4n) is 2.67. The first-order chi connectivity index (χ1) is 7.97. The van der Waals surface area contributed by atoms with E-state index in [2.05, 4.69) is 13.8 Å². The lowest BCUT2D eigenvalue weighted by Gasteiger charge is -2.34. The van der Waals surface area contributed by atoms with Crippen molar-refractivity contribution in [3.8, 4) is 0 Å². The van der Waals surface area contributed by atoms with Gasteiger partial charge in [0.25, 0.3) is 0 Å². The van der Waals surface area contributed by atoms with Crippen LogP contribution in [0.4, 0.5) is 0 Å². The molecule has 2 fully saturated rings. The van der Waals surface area contributed by atoms with Crippen molar-refractivity contribution < 1.29 is 14.3 Å². The van der Waals surface area contributed by atoms with Crippen LogP contribution in [-0.4, -0.2) is 36.5 Å². The van der Waals surface area contributed by atoms with Crippen LogP contribution in [0.25, 0.3) is 0 Å². The Balaban J connectivity index is 2.06. The monoisotopic (exact) mass is 239 g/mol. The molecule has 0 N–H and O–H groups in total. The maximum Gasteiger partial charge on any atom is 0.328 e. The highest BCUT2D eigenvalue weighted by molar-refractivity contribution is 5.88. The summed E-state index contributed by atoms with van der Waals surface area (Å²) in [7, 11) is 1.39. The number of methoxy groups -OCH3 is 1. The van der Waals surface area contributed by atoms with Gasteiger partial charge in [-0.25, -0.2) is 4.79 Å². The van der Waals surface area contributed by atoms with Crippen molar-refractivity contribution in [2.24, 2.45) is 11.3 Å². The van der Waals surface area contributed by atoms with Crippen LogP contribution < -0.4 is 0 Å². The van der Waals surface area contributed by atoms with E-state index in [9.17, 15) is 9.59 Å². The smallest absolute Gasteiger partial charge is 0.328 e. The number of esters is 1. The first-order valence-electron chi connectivity index (χ1n) is 6.35. The van der Waals surface area contributed by atoms with Crippen LogP contribution in [0.1, 0.15) is 39.5 Å². The van der Waals surface area contributed by atoms with Gasteiger partial charge in [-0.15, -0.1) is 0 Å². The lowest BCUT2D eigenvalue weighted by molar-refractivity contribution is -0.155. The van der Waals surface area contributed by atoms with Crippen LogP contribution in [0, 0.1) is 11.3 Å². The molecular weight excluding hydrogens is 218 g/mol. The molecule has 0 radical (unpaired) electrons. The lowest BCUT2D eigenvalue weighted by atomic mass is 10.0. The SMILES string of the molecule is COC(=O)C1CCCCN1C(=O)C1CC1(C)C. The molecule has 1 amide bonds. The Morgan fingerprint density at radius 1 is 1.29 bits per heavy atom. The highest BCUT2D eigenvalue weighted by Crippen LogP contribution is 2.52. The summed E-state index contributed by atoms with van der Waals surface area (Å²) >= 11 is 0. The van der Waals surface area contributed by atoms with Crippen LogP contribution in [-0.2, 0) is 14.3 Å². The lowest BCUT2D eigenvalue weighted by Crippen LogP contribution is -2.49. The van der Waals surface area contributed by atoms with Crippen molar-refractivity contribution in [1.82, 2.24) is 4.90 Å². The number of rotatable bonds is 2. The minimum atomic E-state index is -0.349. The van der Waals surface area contributed by atoms with E-state index in [0.29, 0.717) is 6.54 Å². The van der Waals surface area contributed by atoms with Gasteiger partial charge < -0.3 is 9.64 Å². The third-order valence-corrected chi connectivity index (χ3v) is 4.07. The van der Waals surface area contributed by atoms with Crippen LogP contribution in [0.15, 0.2) is 0 Å². The van der Waals surface area contributed by atoms with Gasteiger partial charge in [-0.3, -0.25) is 4.79 Å². The zero-order valence-corrected chi connectivity index (χ0v) is 10.9. The van der Waals surface area contributed by atoms with Crippen molar-refractivity contribution in [2.45, 2.75) is 45.6 Å². The van der Waals surface area contributed by atoms with Crippen molar-refractivity contribution in [3.63, 3.8) is 0 Å². The third-order valence-electron chi connectivity index (χ3n) is 4.07. The Hall–Kier alpha value is -1.06. The van der Waals surface area contributed by atoms with Gasteiger partial charge in [0, 0.05) is 12.5 Å². The number of likely N-dealkylation sites (tertiary alicyclic amines) is 1. The molecule has 1 saturated heterocycles. The molecule has 1 aliphatic carbocycles. The van der Waals surface area contributed by atoms with E-state index in [1.165, 1.54) is 7.11 Å². The second kappa shape index (κ2) is 4.31. The average Bonchev–Trinajstić information content (AvgIpc) is 2.96. The largest absolute Gasteiger partial charge is 0.467 e. The van der Waals surface area contributed by atoms with Gasteiger partial charge in [-0.05, 0) is 31.1 Å². The molecule has 0 aromatic carbocycles. The molecule has 2 rings (SSSR count). The Morgan fingerprint density at radius 3 is 2.47 bits per heavy atom. The standard InChI is InChI=1S/C13H21NO3/c1-13(2)8-9(13)11(15)14-7-5-4-6-10(14)12(16)17-3/h9-10H,4-8H2,1-3H3. The number of piperidine rings is 1. The predicted molar refractivity (Wildman–Crippen MR) is 63.3 cm³/mol. The number of carbonyl (C=O) groups excluding carboxylic acids is 2. The number of amides is 1. The molecule has 4 heteroatoms. The van der Waals surface area contributed by atoms with Crippen molar-refractivity contribution in [1.29, 1.82) is 0 Å². The zero-order chi connectivity index (χ0) is 12.6. The highest BCUT2D eigenvalue weighted by atomic mass is 16.5. The molecule has 0 bridgehead atoms. The number of hydrogen-bond acceptors (Lipinski definition) is 3. The fraction of sp³-hybridized carbons (Fsp3) is 0.846. The molecule has 1 saturated carbocycles. The van der Waals surface area contributed by atoms with E-state index in [-0.39, 0.29) is 29.3 Å². The van der Waals surface area contributed by atoms with E-state index in [1.54, 1.807) is 4.90 Å². The molecule has 96 valence electrons. The molecule has 2 aliphatic rings.